The van der Waals surface area contributed by atoms with Crippen LogP contribution in [0.15, 0.2) is 53.4 Å². The number of carbonyl (C=O) groups excluding carboxylic acids is 1. The molecule has 4 rings (SSSR count). The van der Waals surface area contributed by atoms with Crippen LogP contribution < -0.4 is 4.90 Å². The molecular formula is C19H19ClN2O3S2. The zero-order valence-electron chi connectivity index (χ0n) is 14.7. The first kappa shape index (κ1) is 18.7. The summed E-state index contributed by atoms with van der Waals surface area (Å²) in [7, 11) is -3.18. The minimum absolute atomic E-state index is 0.00399. The molecule has 2 amide bonds. The van der Waals surface area contributed by atoms with Crippen molar-refractivity contribution in [1.29, 1.82) is 0 Å². The Bertz CT molecular complexity index is 979. The molecule has 0 N–H and O–H groups in total. The standard InChI is InChI=1S/C19H19ClN2O3S2/c1-26-16-4-2-3-15(9-16)22-18-12-27(24,25)11-17(18)21(19(22)23)10-13-5-7-14(20)8-6-13/h2-9,17-18H,10-12H2,1H3/t17-,18-/m0/s1. The lowest BCUT2D eigenvalue weighted by molar-refractivity contribution is 0.206. The fraction of sp³-hybridized carbons (Fsp3) is 0.316. The van der Waals surface area contributed by atoms with Gasteiger partial charge < -0.3 is 4.90 Å². The zero-order valence-corrected chi connectivity index (χ0v) is 17.1. The number of carbonyl (C=O) groups is 1. The maximum absolute atomic E-state index is 13.2. The van der Waals surface area contributed by atoms with Gasteiger partial charge in [-0.3, -0.25) is 4.90 Å². The molecule has 0 spiro atoms. The molecule has 2 aliphatic heterocycles. The topological polar surface area (TPSA) is 57.7 Å². The van der Waals surface area contributed by atoms with Crippen molar-refractivity contribution in [3.63, 3.8) is 0 Å². The molecule has 2 aromatic rings. The number of sulfone groups is 1. The van der Waals surface area contributed by atoms with Gasteiger partial charge in [-0.1, -0.05) is 29.8 Å². The van der Waals surface area contributed by atoms with Gasteiger partial charge in [0.15, 0.2) is 9.84 Å². The Morgan fingerprint density at radius 1 is 1.11 bits per heavy atom. The van der Waals surface area contributed by atoms with Crippen molar-refractivity contribution in [3.05, 3.63) is 59.1 Å². The van der Waals surface area contributed by atoms with E-state index in [2.05, 4.69) is 0 Å². The van der Waals surface area contributed by atoms with E-state index in [0.29, 0.717) is 11.6 Å². The summed E-state index contributed by atoms with van der Waals surface area (Å²) in [6.45, 7) is 0.366. The average molecular weight is 423 g/mol. The molecule has 2 aromatic carbocycles. The summed E-state index contributed by atoms with van der Waals surface area (Å²) >= 11 is 7.54. The number of benzene rings is 2. The molecule has 0 unspecified atom stereocenters. The van der Waals surface area contributed by atoms with Crippen LogP contribution in [0.25, 0.3) is 0 Å². The van der Waals surface area contributed by atoms with Crippen LogP contribution in [0.3, 0.4) is 0 Å². The van der Waals surface area contributed by atoms with Gasteiger partial charge in [-0.15, -0.1) is 11.8 Å². The first-order valence-electron chi connectivity index (χ1n) is 8.57. The molecule has 0 bridgehead atoms. The van der Waals surface area contributed by atoms with E-state index >= 15 is 0 Å². The Morgan fingerprint density at radius 2 is 1.81 bits per heavy atom. The normalized spacial score (nSPS) is 23.7. The maximum atomic E-state index is 13.2. The molecule has 2 aliphatic rings. The number of rotatable bonds is 4. The monoisotopic (exact) mass is 422 g/mol. The molecule has 0 aliphatic carbocycles. The summed E-state index contributed by atoms with van der Waals surface area (Å²) in [6.07, 6.45) is 1.97. The van der Waals surface area contributed by atoms with E-state index in [1.807, 2.05) is 42.7 Å². The second-order valence-electron chi connectivity index (χ2n) is 6.82. The average Bonchev–Trinajstić information content (AvgIpc) is 3.07. The van der Waals surface area contributed by atoms with E-state index in [9.17, 15) is 13.2 Å². The predicted octanol–water partition coefficient (Wildman–Crippen LogP) is 3.67. The predicted molar refractivity (Wildman–Crippen MR) is 109 cm³/mol. The van der Waals surface area contributed by atoms with Crippen molar-refractivity contribution >= 4 is 44.9 Å². The lowest BCUT2D eigenvalue weighted by Crippen LogP contribution is -2.37. The number of amides is 2. The number of hydrogen-bond donors (Lipinski definition) is 0. The highest BCUT2D eigenvalue weighted by atomic mass is 35.5. The smallest absolute Gasteiger partial charge is 0.314 e. The van der Waals surface area contributed by atoms with Crippen LogP contribution in [-0.2, 0) is 16.4 Å². The molecule has 2 fully saturated rings. The summed E-state index contributed by atoms with van der Waals surface area (Å²) in [5, 5.41) is 0.628. The van der Waals surface area contributed by atoms with Crippen LogP contribution in [0.2, 0.25) is 5.02 Å². The van der Waals surface area contributed by atoms with Gasteiger partial charge in [0, 0.05) is 22.2 Å². The van der Waals surface area contributed by atoms with Crippen LogP contribution in [0.5, 0.6) is 0 Å². The van der Waals surface area contributed by atoms with E-state index < -0.39 is 9.84 Å². The maximum Gasteiger partial charge on any atom is 0.325 e. The highest BCUT2D eigenvalue weighted by Crippen LogP contribution is 2.37. The summed E-state index contributed by atoms with van der Waals surface area (Å²) in [4.78, 5) is 17.6. The number of anilines is 1. The van der Waals surface area contributed by atoms with Gasteiger partial charge in [0.1, 0.15) is 0 Å². The second-order valence-corrected chi connectivity index (χ2v) is 10.3. The molecule has 0 saturated carbocycles. The summed E-state index contributed by atoms with van der Waals surface area (Å²) in [6, 6.07) is 14.1. The Labute approximate surface area is 168 Å². The number of fused-ring (bicyclic) bond motifs is 1. The van der Waals surface area contributed by atoms with Gasteiger partial charge >= 0.3 is 6.03 Å². The van der Waals surface area contributed by atoms with Gasteiger partial charge in [-0.05, 0) is 42.2 Å². The third-order valence-corrected chi connectivity index (χ3v) is 7.75. The minimum Gasteiger partial charge on any atom is -0.314 e. The number of hydrogen-bond acceptors (Lipinski definition) is 4. The Kier molecular flexibility index (Phi) is 4.86. The van der Waals surface area contributed by atoms with Crippen molar-refractivity contribution < 1.29 is 13.2 Å². The van der Waals surface area contributed by atoms with Crippen LogP contribution in [0.1, 0.15) is 5.56 Å². The highest BCUT2D eigenvalue weighted by molar-refractivity contribution is 7.98. The third kappa shape index (κ3) is 3.56. The van der Waals surface area contributed by atoms with E-state index in [1.54, 1.807) is 33.7 Å². The van der Waals surface area contributed by atoms with Gasteiger partial charge in [-0.25, -0.2) is 13.2 Å². The molecule has 2 saturated heterocycles. The fourth-order valence-corrected chi connectivity index (χ4v) is 6.34. The Hall–Kier alpha value is -1.70. The lowest BCUT2D eigenvalue weighted by Gasteiger charge is -2.23. The van der Waals surface area contributed by atoms with Crippen LogP contribution in [-0.4, -0.2) is 49.2 Å². The van der Waals surface area contributed by atoms with Gasteiger partial charge in [0.2, 0.25) is 0 Å². The van der Waals surface area contributed by atoms with Crippen LogP contribution in [0.4, 0.5) is 10.5 Å². The molecule has 0 aromatic heterocycles. The summed E-state index contributed by atoms with van der Waals surface area (Å²) < 4.78 is 24.6. The fourth-order valence-electron chi connectivity index (χ4n) is 3.81. The Morgan fingerprint density at radius 3 is 2.52 bits per heavy atom. The van der Waals surface area contributed by atoms with Crippen molar-refractivity contribution in [3.8, 4) is 0 Å². The first-order valence-corrected chi connectivity index (χ1v) is 12.0. The largest absolute Gasteiger partial charge is 0.325 e. The Balaban J connectivity index is 1.70. The van der Waals surface area contributed by atoms with E-state index in [-0.39, 0.29) is 29.6 Å². The molecule has 27 heavy (non-hydrogen) atoms. The van der Waals surface area contributed by atoms with Crippen molar-refractivity contribution in [2.45, 2.75) is 23.5 Å². The lowest BCUT2D eigenvalue weighted by atomic mass is 10.1. The number of thioether (sulfide) groups is 1. The van der Waals surface area contributed by atoms with Gasteiger partial charge in [0.25, 0.3) is 0 Å². The number of halogens is 1. The van der Waals surface area contributed by atoms with Crippen molar-refractivity contribution in [2.75, 3.05) is 22.7 Å². The van der Waals surface area contributed by atoms with Gasteiger partial charge in [0.05, 0.1) is 23.6 Å². The quantitative estimate of drug-likeness (QED) is 0.557. The SMILES string of the molecule is CSc1cccc(N2C(=O)N(Cc3ccc(Cl)cc3)[C@H]3CS(=O)(=O)C[C@@H]32)c1. The van der Waals surface area contributed by atoms with Crippen LogP contribution >= 0.6 is 23.4 Å². The number of urea groups is 1. The van der Waals surface area contributed by atoms with Crippen molar-refractivity contribution in [2.24, 2.45) is 0 Å². The number of nitrogens with zero attached hydrogens (tertiary/aromatic N) is 2. The molecule has 5 nitrogen and oxygen atoms in total. The van der Waals surface area contributed by atoms with Gasteiger partial charge in [-0.2, -0.15) is 0 Å². The van der Waals surface area contributed by atoms with E-state index in [4.69, 9.17) is 11.6 Å². The first-order chi connectivity index (χ1) is 12.9. The molecule has 2 atom stereocenters. The van der Waals surface area contributed by atoms with E-state index in [1.165, 1.54) is 0 Å². The molecule has 0 radical (unpaired) electrons. The zero-order chi connectivity index (χ0) is 19.2. The minimum atomic E-state index is -3.18. The third-order valence-electron chi connectivity index (χ3n) is 5.07. The molecule has 142 valence electrons. The molecule has 8 heteroatoms. The summed E-state index contributed by atoms with van der Waals surface area (Å²) in [5.41, 5.74) is 1.67. The summed E-state index contributed by atoms with van der Waals surface area (Å²) in [5.74, 6) is 0.0136. The second kappa shape index (κ2) is 7.04. The molecule has 2 heterocycles. The highest BCUT2D eigenvalue weighted by Gasteiger charge is 2.53. The van der Waals surface area contributed by atoms with Crippen LogP contribution in [0, 0.1) is 0 Å². The van der Waals surface area contributed by atoms with Crippen molar-refractivity contribution in [1.82, 2.24) is 4.90 Å². The molecular weight excluding hydrogens is 404 g/mol. The van der Waals surface area contributed by atoms with E-state index in [0.717, 1.165) is 16.1 Å².